The number of rotatable bonds is 8. The average molecular weight is 381 g/mol. The molecular formula is C18H24NO6P. The van der Waals surface area contributed by atoms with Gasteiger partial charge in [-0.05, 0) is 26.3 Å². The van der Waals surface area contributed by atoms with Gasteiger partial charge in [0.15, 0.2) is 0 Å². The van der Waals surface area contributed by atoms with E-state index < -0.39 is 19.5 Å². The predicted octanol–water partition coefficient (Wildman–Crippen LogP) is 3.28. The largest absolute Gasteiger partial charge is 0.466 e. The lowest BCUT2D eigenvalue weighted by atomic mass is 10.1. The van der Waals surface area contributed by atoms with Gasteiger partial charge in [0.2, 0.25) is 0 Å². The van der Waals surface area contributed by atoms with Crippen molar-refractivity contribution in [1.82, 2.24) is 4.90 Å². The number of carbonyl (C=O) groups is 2. The summed E-state index contributed by atoms with van der Waals surface area (Å²) < 4.78 is 28.6. The second kappa shape index (κ2) is 8.62. The number of hydrogen-bond donors (Lipinski definition) is 0. The Balaban J connectivity index is 2.47. The summed E-state index contributed by atoms with van der Waals surface area (Å²) >= 11 is 0. The van der Waals surface area contributed by atoms with E-state index in [1.165, 1.54) is 12.0 Å². The van der Waals surface area contributed by atoms with E-state index in [0.717, 1.165) is 5.56 Å². The van der Waals surface area contributed by atoms with Crippen molar-refractivity contribution in [2.45, 2.75) is 26.8 Å². The zero-order valence-electron chi connectivity index (χ0n) is 15.4. The molecule has 1 atom stereocenters. The Bertz CT molecular complexity index is 735. The monoisotopic (exact) mass is 381 g/mol. The molecule has 1 aromatic rings. The van der Waals surface area contributed by atoms with Gasteiger partial charge >= 0.3 is 13.6 Å². The molecule has 0 bridgehead atoms. The maximum atomic E-state index is 13.2. The number of benzene rings is 1. The van der Waals surface area contributed by atoms with E-state index in [9.17, 15) is 14.2 Å². The Hall–Kier alpha value is -1.95. The van der Waals surface area contributed by atoms with Gasteiger partial charge in [0.25, 0.3) is 5.91 Å². The molecule has 26 heavy (non-hydrogen) atoms. The van der Waals surface area contributed by atoms with Gasteiger partial charge in [-0.1, -0.05) is 30.3 Å². The van der Waals surface area contributed by atoms with Crippen LogP contribution in [0.2, 0.25) is 0 Å². The molecule has 7 nitrogen and oxygen atoms in total. The molecule has 2 rings (SSSR count). The predicted molar refractivity (Wildman–Crippen MR) is 96.5 cm³/mol. The number of methoxy groups -OCH3 is 1. The minimum Gasteiger partial charge on any atom is -0.466 e. The van der Waals surface area contributed by atoms with Crippen LogP contribution in [0.3, 0.4) is 0 Å². The van der Waals surface area contributed by atoms with Gasteiger partial charge in [0, 0.05) is 0 Å². The van der Waals surface area contributed by atoms with E-state index in [1.54, 1.807) is 13.8 Å². The normalized spacial score (nSPS) is 16.2. The molecule has 0 saturated carbocycles. The SMILES string of the molecule is CCOP(=O)(OCC)C1=C(C(=O)OC)CN(C(C)c2ccccc2)C1=O. The molecule has 0 aromatic heterocycles. The van der Waals surface area contributed by atoms with E-state index in [2.05, 4.69) is 0 Å². The lowest BCUT2D eigenvalue weighted by Gasteiger charge is -2.26. The van der Waals surface area contributed by atoms with Crippen LogP contribution in [0.15, 0.2) is 41.2 Å². The Morgan fingerprint density at radius 2 is 1.77 bits per heavy atom. The van der Waals surface area contributed by atoms with E-state index in [4.69, 9.17) is 13.8 Å². The molecule has 8 heteroatoms. The minimum atomic E-state index is -3.93. The van der Waals surface area contributed by atoms with Gasteiger partial charge in [-0.15, -0.1) is 0 Å². The van der Waals surface area contributed by atoms with Crippen LogP contribution in [0.4, 0.5) is 0 Å². The molecule has 142 valence electrons. The molecule has 0 aliphatic carbocycles. The van der Waals surface area contributed by atoms with Crippen molar-refractivity contribution in [3.05, 3.63) is 46.8 Å². The van der Waals surface area contributed by atoms with Gasteiger partial charge in [-0.25, -0.2) is 4.79 Å². The summed E-state index contributed by atoms with van der Waals surface area (Å²) in [6.07, 6.45) is 0. The van der Waals surface area contributed by atoms with Crippen LogP contribution in [0.1, 0.15) is 32.4 Å². The molecule has 0 fully saturated rings. The van der Waals surface area contributed by atoms with Crippen molar-refractivity contribution in [1.29, 1.82) is 0 Å². The first-order valence-electron chi connectivity index (χ1n) is 8.46. The first kappa shape index (κ1) is 20.4. The summed E-state index contributed by atoms with van der Waals surface area (Å²) in [5.74, 6) is -1.25. The second-order valence-electron chi connectivity index (χ2n) is 5.67. The Morgan fingerprint density at radius 3 is 2.27 bits per heavy atom. The number of amides is 1. The summed E-state index contributed by atoms with van der Waals surface area (Å²) in [5.41, 5.74) is 0.916. The number of esters is 1. The van der Waals surface area contributed by atoms with E-state index >= 15 is 0 Å². The standard InChI is InChI=1S/C18H24NO6P/c1-5-24-26(22,25-6-2)16-15(18(21)23-4)12-19(17(16)20)13(3)14-10-8-7-9-11-14/h7-11,13H,5-6,12H2,1-4H3. The summed E-state index contributed by atoms with van der Waals surface area (Å²) in [5, 5.41) is -0.226. The molecule has 1 amide bonds. The molecule has 1 heterocycles. The van der Waals surface area contributed by atoms with Gasteiger partial charge in [-0.3, -0.25) is 9.36 Å². The molecule has 0 spiro atoms. The van der Waals surface area contributed by atoms with Crippen molar-refractivity contribution in [2.75, 3.05) is 26.9 Å². The third-order valence-corrected chi connectivity index (χ3v) is 6.34. The fourth-order valence-electron chi connectivity index (χ4n) is 2.88. The maximum absolute atomic E-state index is 13.2. The topological polar surface area (TPSA) is 82.1 Å². The smallest absolute Gasteiger partial charge is 0.367 e. The van der Waals surface area contributed by atoms with Gasteiger partial charge in [0.1, 0.15) is 5.31 Å². The molecule has 1 aliphatic rings. The molecule has 1 aromatic carbocycles. The minimum absolute atomic E-state index is 0.0129. The molecular weight excluding hydrogens is 357 g/mol. The number of ether oxygens (including phenoxy) is 1. The molecule has 1 aliphatic heterocycles. The first-order valence-corrected chi connectivity index (χ1v) is 10.0. The zero-order chi connectivity index (χ0) is 19.3. The van der Waals surface area contributed by atoms with Crippen LogP contribution < -0.4 is 0 Å². The van der Waals surface area contributed by atoms with Crippen LogP contribution in [-0.4, -0.2) is 43.6 Å². The Morgan fingerprint density at radius 1 is 1.19 bits per heavy atom. The van der Waals surface area contributed by atoms with E-state index in [-0.39, 0.29) is 36.7 Å². The highest BCUT2D eigenvalue weighted by Crippen LogP contribution is 2.59. The highest BCUT2D eigenvalue weighted by Gasteiger charge is 2.48. The lowest BCUT2D eigenvalue weighted by molar-refractivity contribution is -0.136. The van der Waals surface area contributed by atoms with Crippen molar-refractivity contribution < 1.29 is 27.9 Å². The average Bonchev–Trinajstić information content (AvgIpc) is 2.99. The summed E-state index contributed by atoms with van der Waals surface area (Å²) in [7, 11) is -2.71. The van der Waals surface area contributed by atoms with Gasteiger partial charge in [0.05, 0.1) is 38.5 Å². The number of hydrogen-bond acceptors (Lipinski definition) is 6. The lowest BCUT2D eigenvalue weighted by Crippen LogP contribution is -2.31. The fraction of sp³-hybridized carbons (Fsp3) is 0.444. The van der Waals surface area contributed by atoms with Crippen LogP contribution in [0.25, 0.3) is 0 Å². The van der Waals surface area contributed by atoms with Crippen molar-refractivity contribution in [2.24, 2.45) is 0 Å². The van der Waals surface area contributed by atoms with Crippen LogP contribution in [0.5, 0.6) is 0 Å². The van der Waals surface area contributed by atoms with E-state index in [1.807, 2.05) is 37.3 Å². The molecule has 0 N–H and O–H groups in total. The van der Waals surface area contributed by atoms with Gasteiger partial charge < -0.3 is 18.7 Å². The zero-order valence-corrected chi connectivity index (χ0v) is 16.3. The maximum Gasteiger partial charge on any atom is 0.367 e. The summed E-state index contributed by atoms with van der Waals surface area (Å²) in [4.78, 5) is 26.8. The molecule has 0 radical (unpaired) electrons. The van der Waals surface area contributed by atoms with E-state index in [0.29, 0.717) is 0 Å². The molecule has 1 unspecified atom stereocenters. The quantitative estimate of drug-likeness (QED) is 0.508. The first-order chi connectivity index (χ1) is 12.4. The highest BCUT2D eigenvalue weighted by atomic mass is 31.2. The summed E-state index contributed by atoms with van der Waals surface area (Å²) in [6, 6.07) is 9.07. The Kier molecular flexibility index (Phi) is 6.75. The number of nitrogens with zero attached hydrogens (tertiary/aromatic N) is 1. The van der Waals surface area contributed by atoms with Gasteiger partial charge in [-0.2, -0.15) is 0 Å². The van der Waals surface area contributed by atoms with Crippen LogP contribution in [-0.2, 0) is 27.9 Å². The van der Waals surface area contributed by atoms with Crippen LogP contribution >= 0.6 is 7.60 Å². The third-order valence-electron chi connectivity index (χ3n) is 4.13. The van der Waals surface area contributed by atoms with Crippen LogP contribution in [0, 0.1) is 0 Å². The highest BCUT2D eigenvalue weighted by molar-refractivity contribution is 7.60. The summed E-state index contributed by atoms with van der Waals surface area (Å²) in [6.45, 7) is 5.29. The third kappa shape index (κ3) is 3.90. The second-order valence-corrected chi connectivity index (χ2v) is 7.63. The molecule has 0 saturated heterocycles. The van der Waals surface area contributed by atoms with Crippen molar-refractivity contribution >= 4 is 19.5 Å². The van der Waals surface area contributed by atoms with Crippen molar-refractivity contribution in [3.63, 3.8) is 0 Å². The number of carbonyl (C=O) groups excluding carboxylic acids is 2. The Labute approximate surface area is 153 Å². The van der Waals surface area contributed by atoms with Crippen molar-refractivity contribution in [3.8, 4) is 0 Å². The fourth-order valence-corrected chi connectivity index (χ4v) is 4.75.